The van der Waals surface area contributed by atoms with Gasteiger partial charge in [0.1, 0.15) is 11.2 Å². The Morgan fingerprint density at radius 3 is 2.30 bits per heavy atom. The molecule has 1 aliphatic heterocycles. The van der Waals surface area contributed by atoms with Crippen molar-refractivity contribution in [3.05, 3.63) is 0 Å². The van der Waals surface area contributed by atoms with E-state index in [1.807, 2.05) is 6.92 Å². The van der Waals surface area contributed by atoms with Gasteiger partial charge >= 0.3 is 5.97 Å². The summed E-state index contributed by atoms with van der Waals surface area (Å²) < 4.78 is 12.5. The molecule has 3 fully saturated rings. The second-order valence-corrected chi connectivity index (χ2v) is 14.0. The lowest BCUT2D eigenvalue weighted by molar-refractivity contribution is -0.225. The molecule has 0 bridgehead atoms. The van der Waals surface area contributed by atoms with E-state index in [0.717, 1.165) is 12.8 Å². The van der Waals surface area contributed by atoms with Crippen molar-refractivity contribution in [2.45, 2.75) is 84.2 Å². The van der Waals surface area contributed by atoms with Crippen molar-refractivity contribution >= 4 is 20.1 Å². The normalized spacial score (nSPS) is 45.6. The van der Waals surface area contributed by atoms with Gasteiger partial charge < -0.3 is 9.16 Å². The molecule has 23 heavy (non-hydrogen) atoms. The summed E-state index contributed by atoms with van der Waals surface area (Å²) >= 11 is 0. The van der Waals surface area contributed by atoms with Crippen LogP contribution < -0.4 is 0 Å². The smallest absolute Gasteiger partial charge is 0.307 e. The Morgan fingerprint density at radius 2 is 1.74 bits per heavy atom. The molecule has 0 aromatic heterocycles. The van der Waals surface area contributed by atoms with Gasteiger partial charge in [-0.3, -0.25) is 9.59 Å². The minimum atomic E-state index is -1.94. The van der Waals surface area contributed by atoms with Gasteiger partial charge in [-0.1, -0.05) is 20.8 Å². The molecule has 0 amide bonds. The van der Waals surface area contributed by atoms with E-state index in [9.17, 15) is 9.59 Å². The topological polar surface area (TPSA) is 52.6 Å². The number of hydrogen-bond acceptors (Lipinski definition) is 4. The maximum atomic E-state index is 13.3. The summed E-state index contributed by atoms with van der Waals surface area (Å²) in [6, 6.07) is 0. The van der Waals surface area contributed by atoms with Crippen LogP contribution in [0.15, 0.2) is 0 Å². The van der Waals surface area contributed by atoms with E-state index in [2.05, 4.69) is 40.4 Å². The van der Waals surface area contributed by atoms with E-state index in [1.54, 1.807) is 0 Å². The highest BCUT2D eigenvalue weighted by molar-refractivity contribution is 6.70. The van der Waals surface area contributed by atoms with Crippen LogP contribution in [-0.4, -0.2) is 31.3 Å². The lowest BCUT2D eigenvalue weighted by Gasteiger charge is -2.61. The summed E-state index contributed by atoms with van der Waals surface area (Å²) in [4.78, 5) is 25.6. The summed E-state index contributed by atoms with van der Waals surface area (Å²) in [5.74, 6) is 0.330. The lowest BCUT2D eigenvalue weighted by Crippen LogP contribution is -2.72. The molecule has 2 aliphatic carbocycles. The monoisotopic (exact) mass is 338 g/mol. The molecular formula is C18H30O4Si. The van der Waals surface area contributed by atoms with Crippen LogP contribution in [0.5, 0.6) is 0 Å². The van der Waals surface area contributed by atoms with Gasteiger partial charge in [-0.15, -0.1) is 0 Å². The first-order valence-corrected chi connectivity index (χ1v) is 12.2. The Hall–Kier alpha value is -0.683. The van der Waals surface area contributed by atoms with Crippen LogP contribution >= 0.6 is 0 Å². The van der Waals surface area contributed by atoms with Crippen molar-refractivity contribution in [3.8, 4) is 0 Å². The number of carbonyl (C=O) groups is 2. The fraction of sp³-hybridized carbons (Fsp3) is 0.889. The fourth-order valence-electron chi connectivity index (χ4n) is 5.73. The van der Waals surface area contributed by atoms with Crippen molar-refractivity contribution < 1.29 is 18.8 Å². The van der Waals surface area contributed by atoms with Crippen LogP contribution in [0, 0.1) is 16.7 Å². The zero-order chi connectivity index (χ0) is 17.5. The number of rotatable bonds is 2. The Labute approximate surface area is 140 Å². The summed E-state index contributed by atoms with van der Waals surface area (Å²) in [6.45, 7) is 14.6. The van der Waals surface area contributed by atoms with Gasteiger partial charge in [0.05, 0.1) is 6.42 Å². The number of Topliss-reactive ketones (excluding diaryl/α,β-unsaturated/α-hetero) is 1. The predicted octanol–water partition coefficient (Wildman–Crippen LogP) is 3.70. The third kappa shape index (κ3) is 1.86. The molecule has 4 nitrogen and oxygen atoms in total. The van der Waals surface area contributed by atoms with E-state index in [-0.39, 0.29) is 17.2 Å². The van der Waals surface area contributed by atoms with Crippen molar-refractivity contribution in [1.82, 2.24) is 0 Å². The van der Waals surface area contributed by atoms with Gasteiger partial charge in [0.2, 0.25) is 0 Å². The average Bonchev–Trinajstić information content (AvgIpc) is 2.79. The van der Waals surface area contributed by atoms with Crippen LogP contribution in [0.25, 0.3) is 0 Å². The van der Waals surface area contributed by atoms with Crippen LogP contribution in [0.3, 0.4) is 0 Å². The molecule has 0 aromatic rings. The molecule has 3 aliphatic rings. The highest BCUT2D eigenvalue weighted by Crippen LogP contribution is 2.72. The molecule has 0 aromatic carbocycles. The van der Waals surface area contributed by atoms with Gasteiger partial charge in [-0.05, 0) is 45.3 Å². The molecule has 1 saturated heterocycles. The molecule has 4 atom stereocenters. The first kappa shape index (κ1) is 17.2. The number of carbonyl (C=O) groups excluding carboxylic acids is 2. The summed E-state index contributed by atoms with van der Waals surface area (Å²) in [6.07, 6.45) is 2.63. The van der Waals surface area contributed by atoms with E-state index < -0.39 is 24.9 Å². The van der Waals surface area contributed by atoms with Crippen LogP contribution in [0.4, 0.5) is 0 Å². The quantitative estimate of drug-likeness (QED) is 0.569. The zero-order valence-corrected chi connectivity index (χ0v) is 16.5. The molecule has 2 saturated carbocycles. The van der Waals surface area contributed by atoms with E-state index in [4.69, 9.17) is 9.16 Å². The van der Waals surface area contributed by atoms with Gasteiger partial charge in [-0.25, -0.2) is 0 Å². The highest BCUT2D eigenvalue weighted by Gasteiger charge is 2.79. The molecule has 0 radical (unpaired) electrons. The minimum absolute atomic E-state index is 0.144. The lowest BCUT2D eigenvalue weighted by atomic mass is 9.47. The highest BCUT2D eigenvalue weighted by atomic mass is 28.4. The van der Waals surface area contributed by atoms with Gasteiger partial charge in [0.15, 0.2) is 14.1 Å². The van der Waals surface area contributed by atoms with E-state index in [1.165, 1.54) is 0 Å². The Balaban J connectivity index is 2.18. The van der Waals surface area contributed by atoms with Crippen molar-refractivity contribution in [2.75, 3.05) is 0 Å². The zero-order valence-electron chi connectivity index (χ0n) is 15.5. The van der Waals surface area contributed by atoms with Crippen molar-refractivity contribution in [1.29, 1.82) is 0 Å². The SMILES string of the molecule is C[C@@H]1CCC23OC(=O)C[C@]12CC(=O)C(C)(O[Si](C)(C)C)C3(C)C. The van der Waals surface area contributed by atoms with Crippen molar-refractivity contribution in [3.63, 3.8) is 0 Å². The third-order valence-electron chi connectivity index (χ3n) is 7.15. The molecule has 130 valence electrons. The first-order chi connectivity index (χ1) is 10.3. The first-order valence-electron chi connectivity index (χ1n) is 8.77. The summed E-state index contributed by atoms with van der Waals surface area (Å²) in [5.41, 5.74) is -2.34. The summed E-state index contributed by atoms with van der Waals surface area (Å²) in [5, 5.41) is 0. The standard InChI is InChI=1S/C18H30O4Si/c1-12-8-9-18-15(2,3)16(4,22-23(5,6)7)13(19)10-17(12,18)11-14(20)21-18/h12H,8-11H2,1-7H3/t12-,16?,17-,18?/m1/s1. The number of ketones is 1. The average molecular weight is 339 g/mol. The largest absolute Gasteiger partial charge is 0.458 e. The summed E-state index contributed by atoms with van der Waals surface area (Å²) in [7, 11) is -1.94. The van der Waals surface area contributed by atoms with Gasteiger partial charge in [0.25, 0.3) is 0 Å². The number of ether oxygens (including phenoxy) is 1. The maximum Gasteiger partial charge on any atom is 0.307 e. The van der Waals surface area contributed by atoms with Gasteiger partial charge in [0, 0.05) is 17.3 Å². The number of hydrogen-bond donors (Lipinski definition) is 0. The van der Waals surface area contributed by atoms with Crippen molar-refractivity contribution in [2.24, 2.45) is 16.7 Å². The van der Waals surface area contributed by atoms with Crippen LogP contribution in [0.2, 0.25) is 19.6 Å². The molecule has 0 spiro atoms. The molecule has 1 heterocycles. The second-order valence-electron chi connectivity index (χ2n) is 9.55. The second kappa shape index (κ2) is 4.48. The molecule has 5 heteroatoms. The van der Waals surface area contributed by atoms with Gasteiger partial charge in [-0.2, -0.15) is 0 Å². The Morgan fingerprint density at radius 1 is 1.13 bits per heavy atom. The molecule has 3 rings (SSSR count). The Bertz CT molecular complexity index is 578. The van der Waals surface area contributed by atoms with Crippen LogP contribution in [-0.2, 0) is 18.8 Å². The maximum absolute atomic E-state index is 13.3. The van der Waals surface area contributed by atoms with E-state index >= 15 is 0 Å². The predicted molar refractivity (Wildman–Crippen MR) is 90.5 cm³/mol. The molecule has 0 N–H and O–H groups in total. The fourth-order valence-corrected chi connectivity index (χ4v) is 7.32. The Kier molecular flexibility index (Phi) is 3.34. The molecular weight excluding hydrogens is 308 g/mol. The van der Waals surface area contributed by atoms with Crippen LogP contribution in [0.1, 0.15) is 53.4 Å². The number of esters is 1. The van der Waals surface area contributed by atoms with E-state index in [0.29, 0.717) is 18.8 Å². The third-order valence-corrected chi connectivity index (χ3v) is 8.17. The molecule has 2 unspecified atom stereocenters. The minimum Gasteiger partial charge on any atom is -0.458 e.